The van der Waals surface area contributed by atoms with Crippen LogP contribution in [0.25, 0.3) is 0 Å². The molecule has 0 aromatic heterocycles. The summed E-state index contributed by atoms with van der Waals surface area (Å²) in [4.78, 5) is 0. The zero-order valence-corrected chi connectivity index (χ0v) is 11.0. The molecule has 0 aliphatic carbocycles. The summed E-state index contributed by atoms with van der Waals surface area (Å²) in [6.07, 6.45) is 1.37. The number of hydrogen-bond acceptors (Lipinski definition) is 3. The largest absolute Gasteiger partial charge is 0.377 e. The van der Waals surface area contributed by atoms with Gasteiger partial charge in [-0.15, -0.1) is 0 Å². The third kappa shape index (κ3) is 4.21. The first-order valence-corrected chi connectivity index (χ1v) is 6.96. The predicted molar refractivity (Wildman–Crippen MR) is 64.6 cm³/mol. The van der Waals surface area contributed by atoms with Gasteiger partial charge in [-0.05, 0) is 34.1 Å². The molecule has 1 fully saturated rings. The van der Waals surface area contributed by atoms with E-state index in [0.717, 1.165) is 25.3 Å². The van der Waals surface area contributed by atoms with E-state index in [-0.39, 0.29) is 4.75 Å². The van der Waals surface area contributed by atoms with Gasteiger partial charge in [0.15, 0.2) is 0 Å². The highest BCUT2D eigenvalue weighted by Crippen LogP contribution is 2.13. The molecule has 90 valence electrons. The van der Waals surface area contributed by atoms with E-state index in [0.29, 0.717) is 12.1 Å². The Morgan fingerprint density at radius 3 is 2.60 bits per heavy atom. The van der Waals surface area contributed by atoms with Gasteiger partial charge in [-0.3, -0.25) is 4.21 Å². The molecule has 1 aliphatic heterocycles. The highest BCUT2D eigenvalue weighted by molar-refractivity contribution is 7.86. The predicted octanol–water partition coefficient (Wildman–Crippen LogP) is 1.30. The van der Waals surface area contributed by atoms with Crippen LogP contribution in [0.1, 0.15) is 34.1 Å². The van der Waals surface area contributed by atoms with Crippen molar-refractivity contribution in [1.29, 1.82) is 0 Å². The Balaban J connectivity index is 2.19. The Morgan fingerprint density at radius 1 is 1.47 bits per heavy atom. The van der Waals surface area contributed by atoms with E-state index in [4.69, 9.17) is 4.74 Å². The molecule has 1 saturated heterocycles. The number of ether oxygens (including phenoxy) is 1. The third-order valence-electron chi connectivity index (χ3n) is 2.75. The molecule has 3 unspecified atom stereocenters. The molecule has 15 heavy (non-hydrogen) atoms. The fraction of sp³-hybridized carbons (Fsp3) is 1.00. The van der Waals surface area contributed by atoms with E-state index in [9.17, 15) is 4.21 Å². The van der Waals surface area contributed by atoms with Crippen molar-refractivity contribution >= 4 is 10.8 Å². The van der Waals surface area contributed by atoms with Gasteiger partial charge in [0, 0.05) is 40.5 Å². The summed E-state index contributed by atoms with van der Waals surface area (Å²) in [5.74, 6) is 0.729. The summed E-state index contributed by atoms with van der Waals surface area (Å²) in [6, 6.07) is 0.446. The molecule has 1 N–H and O–H groups in total. The molecule has 3 atom stereocenters. The second kappa shape index (κ2) is 5.41. The lowest BCUT2D eigenvalue weighted by molar-refractivity contribution is 0.113. The molecule has 1 rings (SSSR count). The quantitative estimate of drug-likeness (QED) is 0.795. The van der Waals surface area contributed by atoms with Gasteiger partial charge in [0.25, 0.3) is 0 Å². The minimum absolute atomic E-state index is 0.0977. The maximum absolute atomic E-state index is 11.8. The van der Waals surface area contributed by atoms with Gasteiger partial charge in [0.05, 0.1) is 6.10 Å². The van der Waals surface area contributed by atoms with Gasteiger partial charge >= 0.3 is 0 Å². The topological polar surface area (TPSA) is 38.3 Å². The first-order valence-electron chi connectivity index (χ1n) is 5.65. The molecule has 1 aliphatic rings. The molecule has 0 aromatic carbocycles. The molecule has 0 bridgehead atoms. The first kappa shape index (κ1) is 13.1. The van der Waals surface area contributed by atoms with Crippen LogP contribution >= 0.6 is 0 Å². The fourth-order valence-corrected chi connectivity index (χ4v) is 2.56. The summed E-state index contributed by atoms with van der Waals surface area (Å²) in [7, 11) is -0.752. The van der Waals surface area contributed by atoms with Gasteiger partial charge in [0.1, 0.15) is 0 Å². The van der Waals surface area contributed by atoms with Crippen LogP contribution in [0.2, 0.25) is 0 Å². The monoisotopic (exact) mass is 233 g/mol. The van der Waals surface area contributed by atoms with Crippen molar-refractivity contribution in [3.8, 4) is 0 Å². The van der Waals surface area contributed by atoms with Crippen LogP contribution in [0.5, 0.6) is 0 Å². The van der Waals surface area contributed by atoms with Crippen LogP contribution in [0.3, 0.4) is 0 Å². The van der Waals surface area contributed by atoms with Gasteiger partial charge in [-0.25, -0.2) is 0 Å². The lowest BCUT2D eigenvalue weighted by Gasteiger charge is -2.20. The van der Waals surface area contributed by atoms with Crippen molar-refractivity contribution in [2.24, 2.45) is 0 Å². The summed E-state index contributed by atoms with van der Waals surface area (Å²) < 4.78 is 17.1. The van der Waals surface area contributed by atoms with Gasteiger partial charge in [-0.1, -0.05) is 0 Å². The third-order valence-corrected chi connectivity index (χ3v) is 4.69. The first-order chi connectivity index (χ1) is 6.91. The van der Waals surface area contributed by atoms with Crippen LogP contribution in [-0.4, -0.2) is 40.0 Å². The van der Waals surface area contributed by atoms with E-state index < -0.39 is 10.8 Å². The van der Waals surface area contributed by atoms with Crippen molar-refractivity contribution in [3.63, 3.8) is 0 Å². The highest BCUT2D eigenvalue weighted by Gasteiger charge is 2.24. The normalized spacial score (nSPS) is 29.3. The molecule has 0 aromatic rings. The lowest BCUT2D eigenvalue weighted by Crippen LogP contribution is -2.38. The second-order valence-corrected chi connectivity index (χ2v) is 7.41. The van der Waals surface area contributed by atoms with E-state index in [1.807, 2.05) is 20.8 Å². The summed E-state index contributed by atoms with van der Waals surface area (Å²) >= 11 is 0. The minimum Gasteiger partial charge on any atom is -0.377 e. The molecular weight excluding hydrogens is 210 g/mol. The molecular formula is C11H23NO2S. The van der Waals surface area contributed by atoms with Crippen molar-refractivity contribution in [2.75, 3.05) is 18.9 Å². The molecule has 0 radical (unpaired) electrons. The van der Waals surface area contributed by atoms with Crippen LogP contribution in [0.15, 0.2) is 0 Å². The maximum atomic E-state index is 11.8. The number of rotatable bonds is 4. The zero-order chi connectivity index (χ0) is 11.5. The molecule has 4 heteroatoms. The van der Waals surface area contributed by atoms with Crippen molar-refractivity contribution in [3.05, 3.63) is 0 Å². The van der Waals surface area contributed by atoms with Crippen LogP contribution < -0.4 is 5.32 Å². The lowest BCUT2D eigenvalue weighted by atomic mass is 10.2. The van der Waals surface area contributed by atoms with Gasteiger partial charge in [-0.2, -0.15) is 0 Å². The molecule has 3 nitrogen and oxygen atoms in total. The Labute approximate surface area is 95.4 Å². The van der Waals surface area contributed by atoms with Crippen LogP contribution in [0, 0.1) is 0 Å². The summed E-state index contributed by atoms with van der Waals surface area (Å²) in [5, 5.41) is 3.42. The minimum atomic E-state index is -0.752. The number of nitrogens with one attached hydrogen (secondary N) is 1. The summed E-state index contributed by atoms with van der Waals surface area (Å²) in [6.45, 7) is 9.81. The van der Waals surface area contributed by atoms with E-state index in [1.54, 1.807) is 0 Å². The van der Waals surface area contributed by atoms with Gasteiger partial charge in [0.2, 0.25) is 0 Å². The van der Waals surface area contributed by atoms with Gasteiger partial charge < -0.3 is 10.1 Å². The SMILES string of the molecule is CC1OCCC1NCCS(=O)C(C)(C)C. The standard InChI is InChI=1S/C11H23NO2S/c1-9-10(5-7-14-9)12-6-8-15(13)11(2,3)4/h9-10,12H,5-8H2,1-4H3. The van der Waals surface area contributed by atoms with E-state index in [1.165, 1.54) is 0 Å². The second-order valence-electron chi connectivity index (χ2n) is 5.09. The average Bonchev–Trinajstić information content (AvgIpc) is 2.50. The Morgan fingerprint density at radius 2 is 2.13 bits per heavy atom. The van der Waals surface area contributed by atoms with Crippen molar-refractivity contribution in [2.45, 2.75) is 51.0 Å². The fourth-order valence-electron chi connectivity index (χ4n) is 1.64. The Hall–Kier alpha value is 0.0700. The molecule has 0 saturated carbocycles. The molecule has 1 heterocycles. The van der Waals surface area contributed by atoms with E-state index in [2.05, 4.69) is 12.2 Å². The Kier molecular flexibility index (Phi) is 4.74. The van der Waals surface area contributed by atoms with Crippen molar-refractivity contribution in [1.82, 2.24) is 5.32 Å². The Bertz CT molecular complexity index is 225. The number of hydrogen-bond donors (Lipinski definition) is 1. The molecule has 0 spiro atoms. The van der Waals surface area contributed by atoms with E-state index >= 15 is 0 Å². The van der Waals surface area contributed by atoms with Crippen LogP contribution in [0.4, 0.5) is 0 Å². The summed E-state index contributed by atoms with van der Waals surface area (Å²) in [5.41, 5.74) is 0. The average molecular weight is 233 g/mol. The smallest absolute Gasteiger partial charge is 0.0700 e. The van der Waals surface area contributed by atoms with Crippen LogP contribution in [-0.2, 0) is 15.5 Å². The molecule has 0 amide bonds. The van der Waals surface area contributed by atoms with Crippen molar-refractivity contribution < 1.29 is 8.95 Å². The zero-order valence-electron chi connectivity index (χ0n) is 10.2. The highest BCUT2D eigenvalue weighted by atomic mass is 32.2. The maximum Gasteiger partial charge on any atom is 0.0700 e.